The fourth-order valence-corrected chi connectivity index (χ4v) is 3.91. The van der Waals surface area contributed by atoms with Gasteiger partial charge >= 0.3 is 0 Å². The Hall–Kier alpha value is -3.48. The van der Waals surface area contributed by atoms with Crippen molar-refractivity contribution in [3.8, 4) is 22.5 Å². The van der Waals surface area contributed by atoms with Crippen molar-refractivity contribution in [2.24, 2.45) is 0 Å². The summed E-state index contributed by atoms with van der Waals surface area (Å²) in [5.74, 6) is -0.842. The molecule has 1 heterocycles. The molecule has 0 saturated heterocycles. The molecule has 3 aromatic carbocycles. The molecule has 0 saturated carbocycles. The maximum Gasteiger partial charge on any atom is 0.252 e. The van der Waals surface area contributed by atoms with E-state index in [4.69, 9.17) is 11.6 Å². The van der Waals surface area contributed by atoms with Gasteiger partial charge in [0.15, 0.2) is 0 Å². The standard InChI is InChI=1S/C26H24ClFN4O/c1-29-16-20(14-17-6-3-2-4-7-17)30-26(33)21-8-5-9-22(28)25(21)24-15-23(31-32-24)18-10-12-19(27)13-11-18/h2-13,15,20,29H,14,16H2,1H3,(H,30,33)(H,31,32)/t20-/m1/s1. The number of aromatic amines is 1. The summed E-state index contributed by atoms with van der Waals surface area (Å²) in [7, 11) is 1.83. The number of carbonyl (C=O) groups excluding carboxylic acids is 1. The molecule has 0 fully saturated rings. The molecular weight excluding hydrogens is 439 g/mol. The lowest BCUT2D eigenvalue weighted by Gasteiger charge is -2.19. The Bertz CT molecular complexity index is 1220. The van der Waals surface area contributed by atoms with Crippen LogP contribution in [0.5, 0.6) is 0 Å². The van der Waals surface area contributed by atoms with E-state index in [0.29, 0.717) is 29.4 Å². The largest absolute Gasteiger partial charge is 0.348 e. The number of likely N-dealkylation sites (N-methyl/N-ethyl adjacent to an activating group) is 1. The summed E-state index contributed by atoms with van der Waals surface area (Å²) in [5, 5.41) is 14.0. The van der Waals surface area contributed by atoms with E-state index in [9.17, 15) is 9.18 Å². The second-order valence-electron chi connectivity index (χ2n) is 7.75. The first-order chi connectivity index (χ1) is 16.0. The molecule has 0 unspecified atom stereocenters. The summed E-state index contributed by atoms with van der Waals surface area (Å²) < 4.78 is 14.9. The minimum absolute atomic E-state index is 0.160. The van der Waals surface area contributed by atoms with E-state index < -0.39 is 5.82 Å². The molecule has 3 N–H and O–H groups in total. The molecule has 4 rings (SSSR count). The van der Waals surface area contributed by atoms with E-state index in [-0.39, 0.29) is 23.1 Å². The quantitative estimate of drug-likeness (QED) is 0.341. The van der Waals surface area contributed by atoms with Crippen molar-refractivity contribution in [2.45, 2.75) is 12.5 Å². The molecular formula is C26H24ClFN4O. The molecule has 0 radical (unpaired) electrons. The van der Waals surface area contributed by atoms with Crippen LogP contribution in [-0.4, -0.2) is 35.7 Å². The minimum Gasteiger partial charge on any atom is -0.348 e. The van der Waals surface area contributed by atoms with Gasteiger partial charge in [0.05, 0.1) is 17.0 Å². The Morgan fingerprint density at radius 1 is 1.06 bits per heavy atom. The second-order valence-corrected chi connectivity index (χ2v) is 8.19. The molecule has 33 heavy (non-hydrogen) atoms. The van der Waals surface area contributed by atoms with E-state index in [2.05, 4.69) is 20.8 Å². The van der Waals surface area contributed by atoms with Gasteiger partial charge in [0.2, 0.25) is 0 Å². The van der Waals surface area contributed by atoms with Gasteiger partial charge in [-0.25, -0.2) is 4.39 Å². The number of carbonyl (C=O) groups is 1. The van der Waals surface area contributed by atoms with Crippen molar-refractivity contribution in [3.63, 3.8) is 0 Å². The Balaban J connectivity index is 1.61. The van der Waals surface area contributed by atoms with Gasteiger partial charge in [0, 0.05) is 28.7 Å². The van der Waals surface area contributed by atoms with Crippen LogP contribution in [-0.2, 0) is 6.42 Å². The second kappa shape index (κ2) is 10.4. The number of benzene rings is 3. The van der Waals surface area contributed by atoms with Crippen LogP contribution in [0.1, 0.15) is 15.9 Å². The SMILES string of the molecule is CNC[C@@H](Cc1ccccc1)NC(=O)c1cccc(F)c1-c1cc(-c2ccc(Cl)cc2)n[nH]1. The maximum atomic E-state index is 14.9. The smallest absolute Gasteiger partial charge is 0.252 e. The molecule has 0 aliphatic heterocycles. The van der Waals surface area contributed by atoms with Gasteiger partial charge in [-0.3, -0.25) is 9.89 Å². The molecule has 0 bridgehead atoms. The van der Waals surface area contributed by atoms with Crippen LogP contribution >= 0.6 is 11.6 Å². The van der Waals surface area contributed by atoms with Crippen molar-refractivity contribution in [1.29, 1.82) is 0 Å². The molecule has 168 valence electrons. The summed E-state index contributed by atoms with van der Waals surface area (Å²) in [6, 6.07) is 23.2. The Morgan fingerprint density at radius 3 is 2.55 bits per heavy atom. The molecule has 1 atom stereocenters. The summed E-state index contributed by atoms with van der Waals surface area (Å²) >= 11 is 5.96. The lowest BCUT2D eigenvalue weighted by atomic mass is 10.0. The molecule has 7 heteroatoms. The lowest BCUT2D eigenvalue weighted by molar-refractivity contribution is 0.0937. The van der Waals surface area contributed by atoms with Gasteiger partial charge in [-0.2, -0.15) is 5.10 Å². The number of hydrogen-bond donors (Lipinski definition) is 3. The van der Waals surface area contributed by atoms with Crippen LogP contribution in [0.2, 0.25) is 5.02 Å². The number of amides is 1. The average Bonchev–Trinajstić information content (AvgIpc) is 3.30. The number of aromatic nitrogens is 2. The molecule has 1 aromatic heterocycles. The summed E-state index contributed by atoms with van der Waals surface area (Å²) in [4.78, 5) is 13.2. The average molecular weight is 463 g/mol. The zero-order valence-electron chi connectivity index (χ0n) is 18.1. The van der Waals surface area contributed by atoms with Gasteiger partial charge in [-0.15, -0.1) is 0 Å². The van der Waals surface area contributed by atoms with Gasteiger partial charge in [-0.1, -0.05) is 60.1 Å². The highest BCUT2D eigenvalue weighted by Gasteiger charge is 2.21. The highest BCUT2D eigenvalue weighted by Crippen LogP contribution is 2.29. The van der Waals surface area contributed by atoms with Crippen LogP contribution in [0.25, 0.3) is 22.5 Å². The van der Waals surface area contributed by atoms with Crippen molar-refractivity contribution in [2.75, 3.05) is 13.6 Å². The predicted octanol–water partition coefficient (Wildman–Crippen LogP) is 5.10. The molecule has 0 spiro atoms. The highest BCUT2D eigenvalue weighted by atomic mass is 35.5. The third-order valence-corrected chi connectivity index (χ3v) is 5.61. The normalized spacial score (nSPS) is 11.8. The van der Waals surface area contributed by atoms with E-state index >= 15 is 0 Å². The highest BCUT2D eigenvalue weighted by molar-refractivity contribution is 6.30. The summed E-state index contributed by atoms with van der Waals surface area (Å²) in [6.45, 7) is 0.579. The number of H-pyrrole nitrogens is 1. The van der Waals surface area contributed by atoms with E-state index in [1.54, 1.807) is 24.3 Å². The Morgan fingerprint density at radius 2 is 1.82 bits per heavy atom. The van der Waals surface area contributed by atoms with Crippen molar-refractivity contribution in [3.05, 3.63) is 101 Å². The first-order valence-corrected chi connectivity index (χ1v) is 11.0. The van der Waals surface area contributed by atoms with Crippen molar-refractivity contribution < 1.29 is 9.18 Å². The monoisotopic (exact) mass is 462 g/mol. The Kier molecular flexibility index (Phi) is 7.17. The summed E-state index contributed by atoms with van der Waals surface area (Å²) in [5.41, 5.74) is 3.44. The fourth-order valence-electron chi connectivity index (χ4n) is 3.79. The van der Waals surface area contributed by atoms with Crippen LogP contribution in [0.15, 0.2) is 78.9 Å². The number of hydrogen-bond acceptors (Lipinski definition) is 3. The molecule has 4 aromatic rings. The molecule has 0 aliphatic rings. The zero-order valence-corrected chi connectivity index (χ0v) is 18.9. The van der Waals surface area contributed by atoms with Crippen LogP contribution in [0, 0.1) is 5.82 Å². The third-order valence-electron chi connectivity index (χ3n) is 5.36. The molecule has 0 aliphatic carbocycles. The minimum atomic E-state index is -0.498. The predicted molar refractivity (Wildman–Crippen MR) is 130 cm³/mol. The van der Waals surface area contributed by atoms with E-state index in [1.165, 1.54) is 12.1 Å². The van der Waals surface area contributed by atoms with Crippen LogP contribution < -0.4 is 10.6 Å². The number of nitrogens with one attached hydrogen (secondary N) is 3. The topological polar surface area (TPSA) is 69.8 Å². The van der Waals surface area contributed by atoms with Gasteiger partial charge in [0.25, 0.3) is 5.91 Å². The van der Waals surface area contributed by atoms with Crippen molar-refractivity contribution >= 4 is 17.5 Å². The number of nitrogens with zero attached hydrogens (tertiary/aromatic N) is 1. The first-order valence-electron chi connectivity index (χ1n) is 10.6. The van der Waals surface area contributed by atoms with Crippen LogP contribution in [0.4, 0.5) is 4.39 Å². The molecule has 1 amide bonds. The van der Waals surface area contributed by atoms with Gasteiger partial charge in [0.1, 0.15) is 5.82 Å². The number of halogens is 2. The van der Waals surface area contributed by atoms with Gasteiger partial charge in [-0.05, 0) is 49.4 Å². The maximum absolute atomic E-state index is 14.9. The molecule has 5 nitrogen and oxygen atoms in total. The van der Waals surface area contributed by atoms with Gasteiger partial charge < -0.3 is 10.6 Å². The van der Waals surface area contributed by atoms with Crippen LogP contribution in [0.3, 0.4) is 0 Å². The van der Waals surface area contributed by atoms with E-state index in [1.807, 2.05) is 49.5 Å². The van der Waals surface area contributed by atoms with Crippen molar-refractivity contribution in [1.82, 2.24) is 20.8 Å². The third kappa shape index (κ3) is 5.48. The van der Waals surface area contributed by atoms with E-state index in [0.717, 1.165) is 11.1 Å². The first kappa shape index (κ1) is 22.7. The number of rotatable bonds is 8. The lowest BCUT2D eigenvalue weighted by Crippen LogP contribution is -2.42. The zero-order chi connectivity index (χ0) is 23.2. The Labute approximate surface area is 197 Å². The fraction of sp³-hybridized carbons (Fsp3) is 0.154. The summed E-state index contributed by atoms with van der Waals surface area (Å²) in [6.07, 6.45) is 0.656.